The first-order valence-corrected chi connectivity index (χ1v) is 7.94. The summed E-state index contributed by atoms with van der Waals surface area (Å²) in [6.07, 6.45) is 0.824. The average molecular weight is 263 g/mol. The molecule has 0 atom stereocenters. The van der Waals surface area contributed by atoms with Crippen LogP contribution in [0.25, 0.3) is 0 Å². The van der Waals surface area contributed by atoms with E-state index in [4.69, 9.17) is 14.4 Å². The molecule has 1 aromatic carbocycles. The van der Waals surface area contributed by atoms with Crippen molar-refractivity contribution in [2.24, 2.45) is 5.92 Å². The molecule has 0 amide bonds. The summed E-state index contributed by atoms with van der Waals surface area (Å²) in [5, 5.41) is 8.78. The van der Waals surface area contributed by atoms with Gasteiger partial charge in [0.1, 0.15) is 6.79 Å². The van der Waals surface area contributed by atoms with Crippen LogP contribution in [0.1, 0.15) is 25.0 Å². The van der Waals surface area contributed by atoms with E-state index in [1.807, 2.05) is 24.3 Å². The maximum absolute atomic E-state index is 8.78. The summed E-state index contributed by atoms with van der Waals surface area (Å²) >= 11 is 0. The summed E-state index contributed by atoms with van der Waals surface area (Å²) < 4.78 is 10.9. The number of nitriles is 1. The van der Waals surface area contributed by atoms with Gasteiger partial charge < -0.3 is 9.16 Å². The molecule has 0 spiro atoms. The second kappa shape index (κ2) is 8.87. The largest absolute Gasteiger partial charge is 0.402 e. The van der Waals surface area contributed by atoms with Crippen LogP contribution in [-0.4, -0.2) is 23.2 Å². The lowest BCUT2D eigenvalue weighted by atomic mass is 10.1. The molecule has 0 fully saturated rings. The molecule has 0 N–H and O–H groups in total. The first kappa shape index (κ1) is 14.9. The van der Waals surface area contributed by atoms with Crippen LogP contribution in [0.4, 0.5) is 0 Å². The van der Waals surface area contributed by atoms with Crippen molar-refractivity contribution >= 4 is 9.76 Å². The van der Waals surface area contributed by atoms with Gasteiger partial charge in [0.05, 0.1) is 18.2 Å². The van der Waals surface area contributed by atoms with Gasteiger partial charge in [0.2, 0.25) is 0 Å². The molecule has 0 aliphatic heterocycles. The minimum absolute atomic E-state index is 0.405. The topological polar surface area (TPSA) is 42.2 Å². The fraction of sp³-hybridized carbons (Fsp3) is 0.500. The molecule has 0 saturated carbocycles. The highest BCUT2D eigenvalue weighted by atomic mass is 28.2. The Kier molecular flexibility index (Phi) is 7.34. The van der Waals surface area contributed by atoms with E-state index in [0.29, 0.717) is 19.0 Å². The van der Waals surface area contributed by atoms with Crippen LogP contribution in [0, 0.1) is 17.2 Å². The van der Waals surface area contributed by atoms with Crippen molar-refractivity contribution in [3.63, 3.8) is 0 Å². The highest BCUT2D eigenvalue weighted by Gasteiger charge is 1.97. The fourth-order valence-corrected chi connectivity index (χ4v) is 2.36. The maximum Gasteiger partial charge on any atom is 0.164 e. The molecule has 0 aromatic heterocycles. The van der Waals surface area contributed by atoms with Gasteiger partial charge in [0, 0.05) is 0 Å². The van der Waals surface area contributed by atoms with E-state index in [1.54, 1.807) is 0 Å². The van der Waals surface area contributed by atoms with Crippen LogP contribution in [0.2, 0.25) is 6.04 Å². The number of nitrogens with zero attached hydrogens (tertiary/aromatic N) is 1. The van der Waals surface area contributed by atoms with Crippen LogP contribution >= 0.6 is 0 Å². The minimum Gasteiger partial charge on any atom is -0.402 e. The molecule has 1 rings (SSSR count). The Morgan fingerprint density at radius 3 is 2.94 bits per heavy atom. The lowest BCUT2D eigenvalue weighted by Crippen LogP contribution is -2.08. The Morgan fingerprint density at radius 1 is 1.39 bits per heavy atom. The standard InChI is InChI=1S/C14H21NO2Si/c1-12(2)10-18-17-11-16-7-6-13-4-3-5-14(8-13)9-15/h3-5,8,12H,6-7,10-11,18H2,1-2H3. The SMILES string of the molecule is CC(C)C[SiH2]OCOCCc1cccc(C#N)c1. The van der Waals surface area contributed by atoms with E-state index in [2.05, 4.69) is 19.9 Å². The van der Waals surface area contributed by atoms with E-state index in [0.717, 1.165) is 17.9 Å². The van der Waals surface area contributed by atoms with E-state index in [-0.39, 0.29) is 0 Å². The predicted octanol–water partition coefficient (Wildman–Crippen LogP) is 2.25. The van der Waals surface area contributed by atoms with Crippen LogP contribution in [0.15, 0.2) is 24.3 Å². The van der Waals surface area contributed by atoms with Crippen molar-refractivity contribution in [3.8, 4) is 6.07 Å². The van der Waals surface area contributed by atoms with Crippen LogP contribution in [0.3, 0.4) is 0 Å². The highest BCUT2D eigenvalue weighted by molar-refractivity contribution is 6.27. The van der Waals surface area contributed by atoms with Crippen molar-refractivity contribution in [1.82, 2.24) is 0 Å². The van der Waals surface area contributed by atoms with Gasteiger partial charge in [0.15, 0.2) is 9.76 Å². The second-order valence-corrected chi connectivity index (χ2v) is 6.07. The van der Waals surface area contributed by atoms with E-state index >= 15 is 0 Å². The van der Waals surface area contributed by atoms with Crippen molar-refractivity contribution < 1.29 is 9.16 Å². The molecule has 0 unspecified atom stereocenters. The van der Waals surface area contributed by atoms with E-state index < -0.39 is 9.76 Å². The van der Waals surface area contributed by atoms with Crippen molar-refractivity contribution in [2.75, 3.05) is 13.4 Å². The number of benzene rings is 1. The third-order valence-corrected chi connectivity index (χ3v) is 4.44. The molecule has 1 aromatic rings. The van der Waals surface area contributed by atoms with Gasteiger partial charge in [-0.1, -0.05) is 26.0 Å². The predicted molar refractivity (Wildman–Crippen MR) is 75.0 cm³/mol. The second-order valence-electron chi connectivity index (χ2n) is 4.68. The summed E-state index contributed by atoms with van der Waals surface area (Å²) in [7, 11) is -0.405. The first-order valence-electron chi connectivity index (χ1n) is 6.37. The number of hydrogen-bond donors (Lipinski definition) is 0. The van der Waals surface area contributed by atoms with Gasteiger partial charge in [-0.25, -0.2) is 0 Å². The third-order valence-electron chi connectivity index (χ3n) is 2.60. The van der Waals surface area contributed by atoms with Gasteiger partial charge in [-0.2, -0.15) is 5.26 Å². The Hall–Kier alpha value is -1.15. The van der Waals surface area contributed by atoms with Gasteiger partial charge in [-0.05, 0) is 36.1 Å². The lowest BCUT2D eigenvalue weighted by Gasteiger charge is -2.07. The lowest BCUT2D eigenvalue weighted by molar-refractivity contribution is 0.0183. The molecule has 0 radical (unpaired) electrons. The summed E-state index contributed by atoms with van der Waals surface area (Å²) in [5.41, 5.74) is 1.83. The summed E-state index contributed by atoms with van der Waals surface area (Å²) in [6.45, 7) is 5.47. The zero-order valence-corrected chi connectivity index (χ0v) is 12.6. The minimum atomic E-state index is -0.405. The molecule has 0 bridgehead atoms. The molecule has 0 aliphatic rings. The number of rotatable bonds is 8. The van der Waals surface area contributed by atoms with Crippen LogP contribution in [-0.2, 0) is 15.6 Å². The van der Waals surface area contributed by atoms with Crippen LogP contribution in [0.5, 0.6) is 0 Å². The first-order chi connectivity index (χ1) is 8.72. The molecule has 4 heteroatoms. The molecular formula is C14H21NO2Si. The Balaban J connectivity index is 2.09. The molecule has 18 heavy (non-hydrogen) atoms. The molecule has 3 nitrogen and oxygen atoms in total. The molecule has 0 aliphatic carbocycles. The van der Waals surface area contributed by atoms with Gasteiger partial charge in [0.25, 0.3) is 0 Å². The fourth-order valence-electron chi connectivity index (χ4n) is 1.48. The maximum atomic E-state index is 8.78. The van der Waals surface area contributed by atoms with Gasteiger partial charge in [-0.15, -0.1) is 0 Å². The molecular weight excluding hydrogens is 242 g/mol. The summed E-state index contributed by atoms with van der Waals surface area (Å²) in [5.74, 6) is 0.727. The van der Waals surface area contributed by atoms with Crippen molar-refractivity contribution in [2.45, 2.75) is 26.3 Å². The zero-order chi connectivity index (χ0) is 13.2. The van der Waals surface area contributed by atoms with Gasteiger partial charge in [-0.3, -0.25) is 0 Å². The number of ether oxygens (including phenoxy) is 1. The number of hydrogen-bond acceptors (Lipinski definition) is 3. The quantitative estimate of drug-likeness (QED) is 0.410. The van der Waals surface area contributed by atoms with Gasteiger partial charge >= 0.3 is 0 Å². The van der Waals surface area contributed by atoms with E-state index in [1.165, 1.54) is 6.04 Å². The molecule has 0 heterocycles. The Bertz CT molecular complexity index is 388. The summed E-state index contributed by atoms with van der Waals surface area (Å²) in [6, 6.07) is 11.0. The normalized spacial score (nSPS) is 11.2. The van der Waals surface area contributed by atoms with Crippen molar-refractivity contribution in [1.29, 1.82) is 5.26 Å². The van der Waals surface area contributed by atoms with Crippen molar-refractivity contribution in [3.05, 3.63) is 35.4 Å². The Morgan fingerprint density at radius 2 is 2.22 bits per heavy atom. The average Bonchev–Trinajstić information content (AvgIpc) is 2.37. The summed E-state index contributed by atoms with van der Waals surface area (Å²) in [4.78, 5) is 0. The highest BCUT2D eigenvalue weighted by Crippen LogP contribution is 2.05. The van der Waals surface area contributed by atoms with E-state index in [9.17, 15) is 0 Å². The molecule has 98 valence electrons. The molecule has 0 saturated heterocycles. The smallest absolute Gasteiger partial charge is 0.164 e. The monoisotopic (exact) mass is 263 g/mol. The Labute approximate surface area is 112 Å². The van der Waals surface area contributed by atoms with Crippen LogP contribution < -0.4 is 0 Å². The third kappa shape index (κ3) is 6.55. The zero-order valence-electron chi connectivity index (χ0n) is 11.2.